The fourth-order valence-corrected chi connectivity index (χ4v) is 3.35. The highest BCUT2D eigenvalue weighted by Gasteiger charge is 2.25. The molecule has 0 aromatic heterocycles. The summed E-state index contributed by atoms with van der Waals surface area (Å²) in [6, 6.07) is 17.4. The Bertz CT molecular complexity index is 776. The SMILES string of the molecule is COc1ccc(C(OC)C(=O)N(CCCCC(=O)O)CCCc2ccccc2)cc1. The highest BCUT2D eigenvalue weighted by Crippen LogP contribution is 2.23. The maximum absolute atomic E-state index is 13.3. The van der Waals surface area contributed by atoms with Crippen LogP contribution >= 0.6 is 0 Å². The van der Waals surface area contributed by atoms with Gasteiger partial charge in [-0.3, -0.25) is 9.59 Å². The number of carbonyl (C=O) groups excluding carboxylic acids is 1. The molecule has 1 amide bonds. The van der Waals surface area contributed by atoms with Crippen LogP contribution < -0.4 is 4.74 Å². The highest BCUT2D eigenvalue weighted by molar-refractivity contribution is 5.82. The van der Waals surface area contributed by atoms with Crippen molar-refractivity contribution in [3.63, 3.8) is 0 Å². The van der Waals surface area contributed by atoms with Gasteiger partial charge >= 0.3 is 5.97 Å². The Morgan fingerprint density at radius 2 is 1.60 bits per heavy atom. The van der Waals surface area contributed by atoms with Gasteiger partial charge in [0.15, 0.2) is 6.10 Å². The van der Waals surface area contributed by atoms with Crippen LogP contribution in [-0.4, -0.2) is 49.2 Å². The van der Waals surface area contributed by atoms with Crippen LogP contribution in [0.1, 0.15) is 42.9 Å². The molecule has 0 aliphatic heterocycles. The van der Waals surface area contributed by atoms with Crippen molar-refractivity contribution in [1.29, 1.82) is 0 Å². The molecule has 6 heteroatoms. The van der Waals surface area contributed by atoms with Gasteiger partial charge in [0.2, 0.25) is 0 Å². The Morgan fingerprint density at radius 3 is 2.20 bits per heavy atom. The van der Waals surface area contributed by atoms with E-state index in [1.165, 1.54) is 12.7 Å². The van der Waals surface area contributed by atoms with E-state index in [1.54, 1.807) is 24.1 Å². The summed E-state index contributed by atoms with van der Waals surface area (Å²) in [6.07, 6.45) is 2.29. The number of unbranched alkanes of at least 4 members (excludes halogenated alkanes) is 1. The van der Waals surface area contributed by atoms with E-state index in [4.69, 9.17) is 14.6 Å². The third kappa shape index (κ3) is 7.52. The van der Waals surface area contributed by atoms with Crippen LogP contribution in [-0.2, 0) is 20.7 Å². The number of carbonyl (C=O) groups is 2. The zero-order valence-electron chi connectivity index (χ0n) is 17.8. The molecule has 1 N–H and O–H groups in total. The number of benzene rings is 2. The van der Waals surface area contributed by atoms with Crippen LogP contribution in [0.5, 0.6) is 5.75 Å². The minimum absolute atomic E-state index is 0.106. The Kier molecular flexibility index (Phi) is 9.87. The fourth-order valence-electron chi connectivity index (χ4n) is 3.35. The Balaban J connectivity index is 2.04. The van der Waals surface area contributed by atoms with E-state index in [-0.39, 0.29) is 12.3 Å². The van der Waals surface area contributed by atoms with Crippen LogP contribution in [0, 0.1) is 0 Å². The molecule has 0 spiro atoms. The van der Waals surface area contributed by atoms with Crippen LogP contribution in [0.4, 0.5) is 0 Å². The molecule has 0 aliphatic rings. The first-order valence-corrected chi connectivity index (χ1v) is 10.3. The molecule has 0 aliphatic carbocycles. The van der Waals surface area contributed by atoms with E-state index in [0.717, 1.165) is 24.2 Å². The molecule has 0 heterocycles. The monoisotopic (exact) mass is 413 g/mol. The number of aliphatic carboxylic acids is 1. The minimum atomic E-state index is -0.815. The van der Waals surface area contributed by atoms with Gasteiger partial charge in [-0.1, -0.05) is 42.5 Å². The number of nitrogens with zero attached hydrogens (tertiary/aromatic N) is 1. The molecule has 30 heavy (non-hydrogen) atoms. The molecule has 2 aromatic rings. The van der Waals surface area contributed by atoms with E-state index < -0.39 is 12.1 Å². The van der Waals surface area contributed by atoms with Gasteiger partial charge in [0.1, 0.15) is 5.75 Å². The lowest BCUT2D eigenvalue weighted by Crippen LogP contribution is -2.37. The molecule has 6 nitrogen and oxygen atoms in total. The maximum atomic E-state index is 13.3. The number of rotatable bonds is 13. The zero-order valence-corrected chi connectivity index (χ0v) is 17.8. The van der Waals surface area contributed by atoms with Crippen LogP contribution in [0.25, 0.3) is 0 Å². The van der Waals surface area contributed by atoms with Gasteiger partial charge in [0.25, 0.3) is 5.91 Å². The zero-order chi connectivity index (χ0) is 21.8. The average molecular weight is 414 g/mol. The summed E-state index contributed by atoms with van der Waals surface area (Å²) in [6.45, 7) is 1.10. The number of methoxy groups -OCH3 is 2. The van der Waals surface area contributed by atoms with E-state index in [2.05, 4.69) is 12.1 Å². The molecule has 0 saturated carbocycles. The Hall–Kier alpha value is -2.86. The van der Waals surface area contributed by atoms with E-state index in [9.17, 15) is 9.59 Å². The summed E-state index contributed by atoms with van der Waals surface area (Å²) in [7, 11) is 3.12. The lowest BCUT2D eigenvalue weighted by atomic mass is 10.1. The lowest BCUT2D eigenvalue weighted by molar-refractivity contribution is -0.142. The number of amides is 1. The number of carboxylic acids is 1. The number of hydrogen-bond donors (Lipinski definition) is 1. The number of ether oxygens (including phenoxy) is 2. The van der Waals surface area contributed by atoms with Crippen molar-refractivity contribution >= 4 is 11.9 Å². The minimum Gasteiger partial charge on any atom is -0.497 e. The molecule has 162 valence electrons. The summed E-state index contributed by atoms with van der Waals surface area (Å²) in [4.78, 5) is 25.8. The Morgan fingerprint density at radius 1 is 0.933 bits per heavy atom. The molecule has 2 aromatic carbocycles. The summed E-state index contributed by atoms with van der Waals surface area (Å²) in [5.41, 5.74) is 2.00. The Labute approximate surface area is 178 Å². The summed E-state index contributed by atoms with van der Waals surface area (Å²) in [5.74, 6) is -0.203. The third-order valence-corrected chi connectivity index (χ3v) is 5.00. The van der Waals surface area contributed by atoms with Crippen molar-refractivity contribution in [2.45, 2.75) is 38.2 Å². The summed E-state index contributed by atoms with van der Waals surface area (Å²) < 4.78 is 10.7. The summed E-state index contributed by atoms with van der Waals surface area (Å²) >= 11 is 0. The highest BCUT2D eigenvalue weighted by atomic mass is 16.5. The first-order valence-electron chi connectivity index (χ1n) is 10.3. The first-order chi connectivity index (χ1) is 14.5. The third-order valence-electron chi connectivity index (χ3n) is 5.00. The molecule has 1 atom stereocenters. The van der Waals surface area contributed by atoms with Crippen LogP contribution in [0.2, 0.25) is 0 Å². The standard InChI is InChI=1S/C24H31NO5/c1-29-21-15-13-20(14-16-21)23(30-2)24(28)25(17-7-6-12-22(26)27)18-8-11-19-9-4-3-5-10-19/h3-5,9-10,13-16,23H,6-8,11-12,17-18H2,1-2H3,(H,26,27). The maximum Gasteiger partial charge on any atom is 0.303 e. The van der Waals surface area contributed by atoms with Gasteiger partial charge in [-0.15, -0.1) is 0 Å². The normalized spacial score (nSPS) is 11.7. The van der Waals surface area contributed by atoms with Gasteiger partial charge in [-0.05, 0) is 48.9 Å². The largest absolute Gasteiger partial charge is 0.497 e. The number of carboxylic acid groups (broad SMARTS) is 1. The molecule has 1 unspecified atom stereocenters. The van der Waals surface area contributed by atoms with E-state index >= 15 is 0 Å². The van der Waals surface area contributed by atoms with Crippen molar-refractivity contribution < 1.29 is 24.2 Å². The second-order valence-corrected chi connectivity index (χ2v) is 7.15. The molecule has 0 fully saturated rings. The van der Waals surface area contributed by atoms with Crippen molar-refractivity contribution in [2.24, 2.45) is 0 Å². The van der Waals surface area contributed by atoms with Gasteiger partial charge in [0, 0.05) is 26.6 Å². The molecule has 0 bridgehead atoms. The van der Waals surface area contributed by atoms with Gasteiger partial charge < -0.3 is 19.5 Å². The van der Waals surface area contributed by atoms with Gasteiger partial charge in [0.05, 0.1) is 7.11 Å². The van der Waals surface area contributed by atoms with Gasteiger partial charge in [-0.2, -0.15) is 0 Å². The molecule has 0 saturated heterocycles. The predicted octanol–water partition coefficient (Wildman–Crippen LogP) is 4.10. The topological polar surface area (TPSA) is 76.1 Å². The van der Waals surface area contributed by atoms with Crippen molar-refractivity contribution in [3.05, 3.63) is 65.7 Å². The van der Waals surface area contributed by atoms with Crippen LogP contribution in [0.15, 0.2) is 54.6 Å². The first kappa shape index (κ1) is 23.4. The van der Waals surface area contributed by atoms with Crippen LogP contribution in [0.3, 0.4) is 0 Å². The average Bonchev–Trinajstić information content (AvgIpc) is 2.76. The predicted molar refractivity (Wildman–Crippen MR) is 116 cm³/mol. The second kappa shape index (κ2) is 12.6. The molecule has 2 rings (SSSR count). The lowest BCUT2D eigenvalue weighted by Gasteiger charge is -2.27. The van der Waals surface area contributed by atoms with Gasteiger partial charge in [-0.25, -0.2) is 0 Å². The number of hydrogen-bond acceptors (Lipinski definition) is 4. The van der Waals surface area contributed by atoms with Crippen molar-refractivity contribution in [1.82, 2.24) is 4.90 Å². The van der Waals surface area contributed by atoms with Crippen molar-refractivity contribution in [2.75, 3.05) is 27.3 Å². The molecule has 0 radical (unpaired) electrons. The molecular formula is C24H31NO5. The number of aryl methyl sites for hydroxylation is 1. The summed E-state index contributed by atoms with van der Waals surface area (Å²) in [5, 5.41) is 8.86. The fraction of sp³-hybridized carbons (Fsp3) is 0.417. The smallest absolute Gasteiger partial charge is 0.303 e. The second-order valence-electron chi connectivity index (χ2n) is 7.15. The quantitative estimate of drug-likeness (QED) is 0.501. The molecular weight excluding hydrogens is 382 g/mol. The van der Waals surface area contributed by atoms with E-state index in [1.807, 2.05) is 30.3 Å². The van der Waals surface area contributed by atoms with Crippen molar-refractivity contribution in [3.8, 4) is 5.75 Å². The van der Waals surface area contributed by atoms with E-state index in [0.29, 0.717) is 25.9 Å².